The Hall–Kier alpha value is -0.310. The second-order valence-corrected chi connectivity index (χ2v) is 1.94. The van der Waals surface area contributed by atoms with E-state index in [9.17, 15) is 0 Å². The van der Waals surface area contributed by atoms with E-state index in [1.54, 1.807) is 6.34 Å². The summed E-state index contributed by atoms with van der Waals surface area (Å²) in [7, 11) is 0. The van der Waals surface area contributed by atoms with Gasteiger partial charge in [-0.3, -0.25) is 0 Å². The summed E-state index contributed by atoms with van der Waals surface area (Å²) >= 11 is 1.42. The Morgan fingerprint density at radius 3 is 3.00 bits per heavy atom. The van der Waals surface area contributed by atoms with Gasteiger partial charge in [-0.1, -0.05) is 0 Å². The maximum absolute atomic E-state index is 3.82. The average Bonchev–Trinajstić information content (AvgIpc) is 1.86. The zero-order chi connectivity index (χ0) is 4.41. The van der Waals surface area contributed by atoms with Crippen LogP contribution in [0, 0.1) is 0 Å². The molecule has 0 bridgehead atoms. The van der Waals surface area contributed by atoms with Crippen LogP contribution in [0.25, 0.3) is 0 Å². The van der Waals surface area contributed by atoms with E-state index in [0.717, 1.165) is 5.04 Å². The minimum Gasteiger partial charge on any atom is -0.0382 e. The van der Waals surface area contributed by atoms with Crippen LogP contribution in [0.1, 0.15) is 6.92 Å². The quantitative estimate of drug-likeness (QED) is 0.405. The Kier molecular flexibility index (Phi) is 0.919. The number of rotatable bonds is 0. The lowest BCUT2D eigenvalue weighted by Crippen LogP contribution is -1.72. The first kappa shape index (κ1) is 3.87. The lowest BCUT2D eigenvalue weighted by molar-refractivity contribution is 1.68. The maximum atomic E-state index is 3.82. The third-order valence-corrected chi connectivity index (χ3v) is 1.04. The summed E-state index contributed by atoms with van der Waals surface area (Å²) in [5, 5.41) is 1.02. The molecule has 1 aliphatic rings. The van der Waals surface area contributed by atoms with Crippen molar-refractivity contribution in [1.82, 2.24) is 4.40 Å². The molecule has 1 aliphatic heterocycles. The smallest absolute Gasteiger partial charge is 0.0382 e. The van der Waals surface area contributed by atoms with Gasteiger partial charge in [0.25, 0.3) is 0 Å². The molecule has 1 heterocycles. The second kappa shape index (κ2) is 1.43. The van der Waals surface area contributed by atoms with Crippen LogP contribution in [0.3, 0.4) is 0 Å². The molecule has 0 amide bonds. The van der Waals surface area contributed by atoms with E-state index in [0.29, 0.717) is 0 Å². The first-order valence-corrected chi connectivity index (χ1v) is 2.40. The highest BCUT2D eigenvalue weighted by Crippen LogP contribution is 1.98. The van der Waals surface area contributed by atoms with Gasteiger partial charge in [0.2, 0.25) is 5.04 Å². The molecule has 0 unspecified atom stereocenters. The van der Waals surface area contributed by atoms with E-state index in [4.69, 9.17) is 0 Å². The largest absolute Gasteiger partial charge is 0.337 e. The van der Waals surface area contributed by atoms with Gasteiger partial charge in [-0.15, -0.1) is 0 Å². The lowest BCUT2D eigenvalue weighted by Gasteiger charge is -1.59. The molecule has 0 saturated heterocycles. The molecule has 0 N–H and O–H groups in total. The highest BCUT2D eigenvalue weighted by atomic mass is 32.2. The number of aliphatic imine (C=N–C) groups is 1. The standard InChI is InChI=1S/C3H4N2S/c1-3-4-2-5-6-3/h2H,1H3/q+1. The predicted molar refractivity (Wildman–Crippen MR) is 28.9 cm³/mol. The number of hydrogen-bond donors (Lipinski definition) is 0. The molecule has 0 saturated carbocycles. The minimum absolute atomic E-state index is 1.02. The molecule has 0 atom stereocenters. The minimum atomic E-state index is 1.02. The molecule has 0 fully saturated rings. The van der Waals surface area contributed by atoms with Crippen molar-refractivity contribution in [2.75, 3.05) is 0 Å². The van der Waals surface area contributed by atoms with Gasteiger partial charge in [0.05, 0.1) is 0 Å². The van der Waals surface area contributed by atoms with Gasteiger partial charge >= 0.3 is 6.34 Å². The Bertz CT molecular complexity index is 105. The molecule has 1 rings (SSSR count). The van der Waals surface area contributed by atoms with Crippen LogP contribution in [0.2, 0.25) is 0 Å². The summed E-state index contributed by atoms with van der Waals surface area (Å²) in [6.45, 7) is 1.93. The Morgan fingerprint density at radius 2 is 2.83 bits per heavy atom. The van der Waals surface area contributed by atoms with E-state index in [1.807, 2.05) is 6.92 Å². The summed E-state index contributed by atoms with van der Waals surface area (Å²) in [5.74, 6) is 0. The molecule has 3 heteroatoms. The van der Waals surface area contributed by atoms with Crippen LogP contribution in [-0.4, -0.2) is 11.4 Å². The van der Waals surface area contributed by atoms with Crippen molar-refractivity contribution in [3.8, 4) is 0 Å². The van der Waals surface area contributed by atoms with Crippen molar-refractivity contribution < 1.29 is 0 Å². The third-order valence-electron chi connectivity index (χ3n) is 0.471. The monoisotopic (exact) mass is 100 g/mol. The molecular weight excluding hydrogens is 96.1 g/mol. The van der Waals surface area contributed by atoms with E-state index in [1.165, 1.54) is 11.9 Å². The number of nitrogens with zero attached hydrogens (tertiary/aromatic N) is 2. The number of hydrogen-bond acceptors (Lipinski definition) is 3. The molecule has 0 aromatic heterocycles. The van der Waals surface area contributed by atoms with E-state index < -0.39 is 0 Å². The normalized spacial score (nSPS) is 18.5. The van der Waals surface area contributed by atoms with Gasteiger partial charge in [-0.2, -0.15) is 0 Å². The lowest BCUT2D eigenvalue weighted by atomic mass is 10.9. The van der Waals surface area contributed by atoms with Crippen LogP contribution in [0.15, 0.2) is 4.99 Å². The van der Waals surface area contributed by atoms with Gasteiger partial charge in [-0.25, -0.2) is 0 Å². The molecule has 31 valence electrons. The fraction of sp³-hybridized carbons (Fsp3) is 0.333. The predicted octanol–water partition coefficient (Wildman–Crippen LogP) is 0.431. The van der Waals surface area contributed by atoms with Crippen molar-refractivity contribution in [3.63, 3.8) is 0 Å². The molecule has 0 aliphatic carbocycles. The Morgan fingerprint density at radius 1 is 2.00 bits per heavy atom. The van der Waals surface area contributed by atoms with Crippen LogP contribution in [0.4, 0.5) is 0 Å². The van der Waals surface area contributed by atoms with Crippen molar-refractivity contribution in [2.24, 2.45) is 4.99 Å². The summed E-state index contributed by atoms with van der Waals surface area (Å²) in [5.41, 5.74) is 0. The Labute approximate surface area is 40.5 Å². The second-order valence-electron chi connectivity index (χ2n) is 0.960. The summed E-state index contributed by atoms with van der Waals surface area (Å²) in [6, 6.07) is 0. The zero-order valence-corrected chi connectivity index (χ0v) is 4.20. The van der Waals surface area contributed by atoms with E-state index in [2.05, 4.69) is 9.39 Å². The van der Waals surface area contributed by atoms with Crippen LogP contribution in [0.5, 0.6) is 0 Å². The van der Waals surface area contributed by atoms with E-state index >= 15 is 0 Å². The average molecular weight is 100 g/mol. The first-order chi connectivity index (χ1) is 2.89. The summed E-state index contributed by atoms with van der Waals surface area (Å²) < 4.78 is 3.75. The summed E-state index contributed by atoms with van der Waals surface area (Å²) in [4.78, 5) is 3.82. The molecule has 0 spiro atoms. The molecular formula is C3H4N2S+. The summed E-state index contributed by atoms with van der Waals surface area (Å²) in [6.07, 6.45) is 1.56. The molecule has 2 nitrogen and oxygen atoms in total. The molecule has 0 aromatic carbocycles. The Balaban J connectivity index is 2.61. The topological polar surface area (TPSA) is 26.5 Å². The highest BCUT2D eigenvalue weighted by Gasteiger charge is 2.06. The van der Waals surface area contributed by atoms with Gasteiger partial charge in [-0.05, 0) is 4.99 Å². The molecule has 6 heavy (non-hydrogen) atoms. The maximum Gasteiger partial charge on any atom is 0.337 e. The van der Waals surface area contributed by atoms with Gasteiger partial charge in [0.15, 0.2) is 11.9 Å². The fourth-order valence-corrected chi connectivity index (χ4v) is 0.569. The third kappa shape index (κ3) is 0.597. The van der Waals surface area contributed by atoms with Crippen LogP contribution < -0.4 is 4.40 Å². The van der Waals surface area contributed by atoms with Gasteiger partial charge in [0, 0.05) is 11.3 Å². The van der Waals surface area contributed by atoms with Crippen molar-refractivity contribution in [3.05, 3.63) is 0 Å². The van der Waals surface area contributed by atoms with Crippen molar-refractivity contribution in [1.29, 1.82) is 0 Å². The zero-order valence-electron chi connectivity index (χ0n) is 3.38. The van der Waals surface area contributed by atoms with Crippen molar-refractivity contribution in [2.45, 2.75) is 6.92 Å². The van der Waals surface area contributed by atoms with Gasteiger partial charge in [0.1, 0.15) is 0 Å². The van der Waals surface area contributed by atoms with Crippen LogP contribution >= 0.6 is 11.9 Å². The van der Waals surface area contributed by atoms with Crippen LogP contribution in [-0.2, 0) is 0 Å². The fourth-order valence-electron chi connectivity index (χ4n) is 0.228. The molecule has 1 radical (unpaired) electrons. The first-order valence-electron chi connectivity index (χ1n) is 1.63. The molecule has 0 aromatic rings. The van der Waals surface area contributed by atoms with Crippen molar-refractivity contribution >= 4 is 23.3 Å². The SMILES string of the molecule is CC1=NC=[N+]S1. The van der Waals surface area contributed by atoms with Gasteiger partial charge < -0.3 is 0 Å². The highest BCUT2D eigenvalue weighted by molar-refractivity contribution is 8.12. The van der Waals surface area contributed by atoms with E-state index in [-0.39, 0.29) is 0 Å².